The van der Waals surface area contributed by atoms with Crippen LogP contribution < -0.4 is 0 Å². The Labute approximate surface area is 132 Å². The van der Waals surface area contributed by atoms with E-state index in [4.69, 9.17) is 0 Å². The third-order valence-corrected chi connectivity index (χ3v) is 6.49. The second-order valence-electron chi connectivity index (χ2n) is 5.97. The van der Waals surface area contributed by atoms with Crippen molar-refractivity contribution in [2.24, 2.45) is 0 Å². The standard InChI is InChI=1S/C16H22N2O3S/c19-16(9-12-17-10-5-13-22(17,20)21)18-11-4-8-15(18)14-6-2-1-3-7-14/h1-3,6-7,15H,4-5,8-13H2/t15-/m0/s1. The van der Waals surface area contributed by atoms with Gasteiger partial charge < -0.3 is 4.90 Å². The van der Waals surface area contributed by atoms with Crippen molar-refractivity contribution in [2.45, 2.75) is 31.7 Å². The summed E-state index contributed by atoms with van der Waals surface area (Å²) in [4.78, 5) is 14.4. The molecule has 1 atom stereocenters. The van der Waals surface area contributed by atoms with Crippen molar-refractivity contribution < 1.29 is 13.2 Å². The summed E-state index contributed by atoms with van der Waals surface area (Å²) in [5.41, 5.74) is 1.17. The lowest BCUT2D eigenvalue weighted by molar-refractivity contribution is -0.132. The van der Waals surface area contributed by atoms with Gasteiger partial charge in [0.15, 0.2) is 0 Å². The molecule has 2 saturated heterocycles. The Morgan fingerprint density at radius 2 is 1.91 bits per heavy atom. The topological polar surface area (TPSA) is 57.7 Å². The van der Waals surface area contributed by atoms with Gasteiger partial charge in [0.1, 0.15) is 0 Å². The summed E-state index contributed by atoms with van der Waals surface area (Å²) >= 11 is 0. The number of sulfonamides is 1. The number of hydrogen-bond donors (Lipinski definition) is 0. The van der Waals surface area contributed by atoms with Crippen LogP contribution in [0.2, 0.25) is 0 Å². The second kappa shape index (κ2) is 6.38. The van der Waals surface area contributed by atoms with Crippen LogP contribution in [0.1, 0.15) is 37.3 Å². The third-order valence-electron chi connectivity index (χ3n) is 4.54. The van der Waals surface area contributed by atoms with Gasteiger partial charge in [-0.1, -0.05) is 30.3 Å². The van der Waals surface area contributed by atoms with Crippen LogP contribution in [0.15, 0.2) is 30.3 Å². The Morgan fingerprint density at radius 3 is 2.59 bits per heavy atom. The van der Waals surface area contributed by atoms with E-state index < -0.39 is 10.0 Å². The summed E-state index contributed by atoms with van der Waals surface area (Å²) in [5, 5.41) is 0. The molecular formula is C16H22N2O3S. The quantitative estimate of drug-likeness (QED) is 0.849. The molecule has 0 N–H and O–H groups in total. The number of carbonyl (C=O) groups is 1. The smallest absolute Gasteiger partial charge is 0.224 e. The van der Waals surface area contributed by atoms with Crippen LogP contribution in [-0.4, -0.2) is 48.9 Å². The molecule has 1 amide bonds. The van der Waals surface area contributed by atoms with E-state index in [1.807, 2.05) is 23.1 Å². The summed E-state index contributed by atoms with van der Waals surface area (Å²) in [5.74, 6) is 0.283. The number of nitrogens with zero attached hydrogens (tertiary/aromatic N) is 2. The highest BCUT2D eigenvalue weighted by Gasteiger charge is 2.32. The van der Waals surface area contributed by atoms with Crippen LogP contribution in [0.3, 0.4) is 0 Å². The Morgan fingerprint density at radius 1 is 1.14 bits per heavy atom. The van der Waals surface area contributed by atoms with Crippen molar-refractivity contribution >= 4 is 15.9 Å². The second-order valence-corrected chi connectivity index (χ2v) is 8.06. The van der Waals surface area contributed by atoms with Crippen LogP contribution >= 0.6 is 0 Å². The Balaban J connectivity index is 1.62. The van der Waals surface area contributed by atoms with Crippen LogP contribution in [0.5, 0.6) is 0 Å². The lowest BCUT2D eigenvalue weighted by Gasteiger charge is -2.26. The number of rotatable bonds is 4. The number of hydrogen-bond acceptors (Lipinski definition) is 3. The number of amides is 1. The Kier molecular flexibility index (Phi) is 4.49. The minimum absolute atomic E-state index is 0.0634. The van der Waals surface area contributed by atoms with Crippen LogP contribution in [0.4, 0.5) is 0 Å². The van der Waals surface area contributed by atoms with Gasteiger partial charge in [0.05, 0.1) is 11.8 Å². The first-order chi connectivity index (χ1) is 10.6. The average molecular weight is 322 g/mol. The Bertz CT molecular complexity index is 630. The van der Waals surface area contributed by atoms with Crippen molar-refractivity contribution in [1.82, 2.24) is 9.21 Å². The molecule has 2 heterocycles. The zero-order valence-corrected chi connectivity index (χ0v) is 13.5. The van der Waals surface area contributed by atoms with Gasteiger partial charge in [-0.05, 0) is 24.8 Å². The molecule has 0 aliphatic carbocycles. The van der Waals surface area contributed by atoms with Gasteiger partial charge >= 0.3 is 0 Å². The predicted octanol–water partition coefficient (Wildman–Crippen LogP) is 1.78. The molecule has 2 aliphatic heterocycles. The molecule has 3 rings (SSSR count). The van der Waals surface area contributed by atoms with E-state index in [1.165, 1.54) is 9.87 Å². The van der Waals surface area contributed by atoms with E-state index in [0.29, 0.717) is 19.5 Å². The molecule has 5 nitrogen and oxygen atoms in total. The highest BCUT2D eigenvalue weighted by molar-refractivity contribution is 7.89. The Hall–Kier alpha value is -1.40. The lowest BCUT2D eigenvalue weighted by Crippen LogP contribution is -2.35. The zero-order valence-electron chi connectivity index (χ0n) is 12.6. The van der Waals surface area contributed by atoms with E-state index in [9.17, 15) is 13.2 Å². The molecule has 2 aliphatic rings. The maximum atomic E-state index is 12.5. The van der Waals surface area contributed by atoms with Gasteiger partial charge in [0, 0.05) is 26.1 Å². The maximum Gasteiger partial charge on any atom is 0.224 e. The summed E-state index contributed by atoms with van der Waals surface area (Å²) < 4.78 is 25.0. The van der Waals surface area contributed by atoms with Crippen molar-refractivity contribution in [1.29, 1.82) is 0 Å². The van der Waals surface area contributed by atoms with E-state index in [0.717, 1.165) is 19.4 Å². The number of benzene rings is 1. The van der Waals surface area contributed by atoms with E-state index in [2.05, 4.69) is 12.1 Å². The van der Waals surface area contributed by atoms with Gasteiger partial charge in [-0.25, -0.2) is 12.7 Å². The average Bonchev–Trinajstić information content (AvgIpc) is 3.12. The molecule has 0 aromatic heterocycles. The SMILES string of the molecule is O=C(CCN1CCCS1(=O)=O)N1CCC[C@H]1c1ccccc1. The molecule has 120 valence electrons. The van der Waals surface area contributed by atoms with E-state index in [1.54, 1.807) is 0 Å². The fourth-order valence-electron chi connectivity index (χ4n) is 3.39. The normalized spacial score (nSPS) is 24.7. The van der Waals surface area contributed by atoms with Gasteiger partial charge in [0.25, 0.3) is 0 Å². The first-order valence-corrected chi connectivity index (χ1v) is 9.51. The van der Waals surface area contributed by atoms with Crippen molar-refractivity contribution in [3.05, 3.63) is 35.9 Å². The summed E-state index contributed by atoms with van der Waals surface area (Å²) in [6.07, 6.45) is 2.94. The monoisotopic (exact) mass is 322 g/mol. The number of carbonyl (C=O) groups excluding carboxylic acids is 1. The fraction of sp³-hybridized carbons (Fsp3) is 0.562. The molecule has 0 saturated carbocycles. The van der Waals surface area contributed by atoms with Gasteiger partial charge in [-0.15, -0.1) is 0 Å². The molecule has 0 bridgehead atoms. The zero-order chi connectivity index (χ0) is 15.6. The van der Waals surface area contributed by atoms with Gasteiger partial charge in [-0.2, -0.15) is 0 Å². The van der Waals surface area contributed by atoms with Crippen molar-refractivity contribution in [2.75, 3.05) is 25.4 Å². The summed E-state index contributed by atoms with van der Waals surface area (Å²) in [6, 6.07) is 10.2. The molecule has 1 aromatic rings. The van der Waals surface area contributed by atoms with E-state index >= 15 is 0 Å². The molecule has 0 unspecified atom stereocenters. The summed E-state index contributed by atoms with van der Waals surface area (Å²) in [6.45, 7) is 1.64. The maximum absolute atomic E-state index is 12.5. The fourth-order valence-corrected chi connectivity index (χ4v) is 4.92. The van der Waals surface area contributed by atoms with Gasteiger partial charge in [-0.3, -0.25) is 4.79 Å². The number of likely N-dealkylation sites (tertiary alicyclic amines) is 1. The highest BCUT2D eigenvalue weighted by Crippen LogP contribution is 2.32. The molecule has 22 heavy (non-hydrogen) atoms. The molecule has 0 radical (unpaired) electrons. The van der Waals surface area contributed by atoms with Crippen LogP contribution in [-0.2, 0) is 14.8 Å². The molecule has 0 spiro atoms. The minimum Gasteiger partial charge on any atom is -0.336 e. The molecular weight excluding hydrogens is 300 g/mol. The first-order valence-electron chi connectivity index (χ1n) is 7.90. The minimum atomic E-state index is -3.11. The van der Waals surface area contributed by atoms with Crippen LogP contribution in [0.25, 0.3) is 0 Å². The first kappa shape index (κ1) is 15.5. The van der Waals surface area contributed by atoms with Crippen LogP contribution in [0, 0.1) is 0 Å². The third kappa shape index (κ3) is 3.17. The van der Waals surface area contributed by atoms with E-state index in [-0.39, 0.29) is 24.1 Å². The molecule has 6 heteroatoms. The molecule has 1 aromatic carbocycles. The predicted molar refractivity (Wildman–Crippen MR) is 84.7 cm³/mol. The van der Waals surface area contributed by atoms with Gasteiger partial charge in [0.2, 0.25) is 15.9 Å². The largest absolute Gasteiger partial charge is 0.336 e. The van der Waals surface area contributed by atoms with Crippen molar-refractivity contribution in [3.8, 4) is 0 Å². The molecule has 2 fully saturated rings. The highest BCUT2D eigenvalue weighted by atomic mass is 32.2. The lowest BCUT2D eigenvalue weighted by atomic mass is 10.0. The van der Waals surface area contributed by atoms with Crippen molar-refractivity contribution in [3.63, 3.8) is 0 Å². The summed E-state index contributed by atoms with van der Waals surface area (Å²) in [7, 11) is -3.11.